The van der Waals surface area contributed by atoms with Crippen LogP contribution in [0.1, 0.15) is 338 Å². The van der Waals surface area contributed by atoms with Crippen LogP contribution in [-0.4, -0.2) is 96.7 Å². The number of carbonyl (C=O) groups is 4. The van der Waals surface area contributed by atoms with Crippen LogP contribution in [0, 0.1) is 23.7 Å². The van der Waals surface area contributed by atoms with Gasteiger partial charge < -0.3 is 33.8 Å². The molecule has 0 aliphatic rings. The van der Waals surface area contributed by atoms with E-state index < -0.39 is 97.5 Å². The molecule has 0 amide bonds. The fourth-order valence-electron chi connectivity index (χ4n) is 10.2. The number of aliphatic hydroxyl groups excluding tert-OH is 1. The van der Waals surface area contributed by atoms with Crippen molar-refractivity contribution in [3.63, 3.8) is 0 Å². The first-order chi connectivity index (χ1) is 42.2. The Kier molecular flexibility index (Phi) is 57.6. The molecular weight excluding hydrogens is 1160 g/mol. The summed E-state index contributed by atoms with van der Waals surface area (Å²) in [6.07, 6.45) is 40.3. The maximum Gasteiger partial charge on any atom is 0.472 e. The highest BCUT2D eigenvalue weighted by atomic mass is 31.2. The molecule has 0 fully saturated rings. The van der Waals surface area contributed by atoms with Crippen molar-refractivity contribution in [2.24, 2.45) is 23.7 Å². The van der Waals surface area contributed by atoms with Gasteiger partial charge in [0.05, 0.1) is 26.4 Å². The van der Waals surface area contributed by atoms with E-state index in [-0.39, 0.29) is 25.7 Å². The number of hydrogen-bond acceptors (Lipinski definition) is 15. The number of unbranched alkanes of at least 4 members (excludes halogenated alkanes) is 30. The largest absolute Gasteiger partial charge is 0.472 e. The Morgan fingerprint density at radius 2 is 0.545 bits per heavy atom. The van der Waals surface area contributed by atoms with Crippen LogP contribution >= 0.6 is 15.6 Å². The molecule has 0 rings (SSSR count). The van der Waals surface area contributed by atoms with Gasteiger partial charge in [-0.2, -0.15) is 0 Å². The van der Waals surface area contributed by atoms with Crippen molar-refractivity contribution >= 4 is 39.5 Å². The van der Waals surface area contributed by atoms with Crippen LogP contribution in [0.2, 0.25) is 0 Å². The average molecular weight is 1300 g/mol. The number of phosphoric ester groups is 2. The Morgan fingerprint density at radius 1 is 0.318 bits per heavy atom. The zero-order valence-corrected chi connectivity index (χ0v) is 59.1. The second kappa shape index (κ2) is 58.8. The molecular formula is C69H134O17P2. The maximum absolute atomic E-state index is 13.0. The number of carbonyl (C=O) groups excluding carboxylic acids is 4. The van der Waals surface area contributed by atoms with Crippen molar-refractivity contribution in [1.82, 2.24) is 0 Å². The normalized spacial score (nSPS) is 14.9. The minimum Gasteiger partial charge on any atom is -0.462 e. The molecule has 0 aromatic carbocycles. The standard InChI is InChI=1S/C69H134O17P2/c1-9-61(7)47-39-31-23-17-14-15-18-24-33-41-49-66(71)79-55-64(86-69(74)52-44-36-26-20-22-30-38-46-60(5)6)57-83-87(75,76)81-53-63(70)54-82-88(77,78)84-58-65(56-80-67(72)50-42-34-28-27-32-40-48-62(8)10-2)85-68(73)51-43-35-25-19-13-11-12-16-21-29-37-45-59(3)4/h59-65,70H,9-58H2,1-8H3,(H,75,76)(H,77,78)/t61?,62?,63-,64-,65-/m1/s1. The summed E-state index contributed by atoms with van der Waals surface area (Å²) in [6, 6.07) is 0. The molecule has 17 nitrogen and oxygen atoms in total. The van der Waals surface area contributed by atoms with Crippen molar-refractivity contribution in [2.45, 2.75) is 356 Å². The lowest BCUT2D eigenvalue weighted by Crippen LogP contribution is -2.30. The third-order valence-electron chi connectivity index (χ3n) is 16.5. The van der Waals surface area contributed by atoms with Crippen LogP contribution < -0.4 is 0 Å². The first-order valence-corrected chi connectivity index (χ1v) is 38.8. The molecule has 7 atom stereocenters. The summed E-state index contributed by atoms with van der Waals surface area (Å²) in [7, 11) is -9.90. The molecule has 0 spiro atoms. The molecule has 522 valence electrons. The quantitative estimate of drug-likeness (QED) is 0.0222. The number of ether oxygens (including phenoxy) is 4. The van der Waals surface area contributed by atoms with Gasteiger partial charge in [0.25, 0.3) is 0 Å². The highest BCUT2D eigenvalue weighted by Gasteiger charge is 2.30. The molecule has 0 bridgehead atoms. The predicted octanol–water partition coefficient (Wildman–Crippen LogP) is 19.3. The lowest BCUT2D eigenvalue weighted by molar-refractivity contribution is -0.161. The lowest BCUT2D eigenvalue weighted by atomic mass is 9.99. The minimum absolute atomic E-state index is 0.103. The second-order valence-electron chi connectivity index (χ2n) is 26.4. The zero-order valence-electron chi connectivity index (χ0n) is 57.3. The highest BCUT2D eigenvalue weighted by Crippen LogP contribution is 2.45. The Hall–Kier alpha value is -1.94. The van der Waals surface area contributed by atoms with Gasteiger partial charge in [-0.15, -0.1) is 0 Å². The van der Waals surface area contributed by atoms with E-state index in [0.717, 1.165) is 114 Å². The lowest BCUT2D eigenvalue weighted by Gasteiger charge is -2.21. The van der Waals surface area contributed by atoms with E-state index in [1.807, 2.05) is 0 Å². The SMILES string of the molecule is CCC(C)CCCCCCCCCCCCC(=O)OC[C@H](COP(=O)(O)OC[C@@H](O)COP(=O)(O)OC[C@@H](COC(=O)CCCCCCCCC(C)CC)OC(=O)CCCCCCCCCCCCCC(C)C)OC(=O)CCCCCCCCCC(C)C. The number of rotatable bonds is 66. The van der Waals surface area contributed by atoms with Crippen molar-refractivity contribution in [3.05, 3.63) is 0 Å². The molecule has 4 unspecified atom stereocenters. The monoisotopic (exact) mass is 1300 g/mol. The van der Waals surface area contributed by atoms with Crippen molar-refractivity contribution in [2.75, 3.05) is 39.6 Å². The average Bonchev–Trinajstić information content (AvgIpc) is 3.67. The van der Waals surface area contributed by atoms with E-state index in [1.54, 1.807) is 0 Å². The van der Waals surface area contributed by atoms with Crippen LogP contribution in [0.5, 0.6) is 0 Å². The summed E-state index contributed by atoms with van der Waals surface area (Å²) in [5.74, 6) is 0.868. The summed E-state index contributed by atoms with van der Waals surface area (Å²) in [5.41, 5.74) is 0. The molecule has 0 aliphatic carbocycles. The number of phosphoric acid groups is 2. The van der Waals surface area contributed by atoms with Crippen molar-refractivity contribution in [1.29, 1.82) is 0 Å². The number of aliphatic hydroxyl groups is 1. The van der Waals surface area contributed by atoms with Crippen LogP contribution in [0.4, 0.5) is 0 Å². The molecule has 0 saturated carbocycles. The van der Waals surface area contributed by atoms with Crippen molar-refractivity contribution in [3.8, 4) is 0 Å². The molecule has 0 aromatic heterocycles. The summed E-state index contributed by atoms with van der Waals surface area (Å²) >= 11 is 0. The molecule has 0 saturated heterocycles. The van der Waals surface area contributed by atoms with Gasteiger partial charge in [-0.3, -0.25) is 37.3 Å². The smallest absolute Gasteiger partial charge is 0.462 e. The number of esters is 4. The topological polar surface area (TPSA) is 237 Å². The van der Waals surface area contributed by atoms with E-state index >= 15 is 0 Å². The predicted molar refractivity (Wildman–Crippen MR) is 354 cm³/mol. The van der Waals surface area contributed by atoms with Gasteiger partial charge in [-0.25, -0.2) is 9.13 Å². The molecule has 0 radical (unpaired) electrons. The maximum atomic E-state index is 13.0. The first-order valence-electron chi connectivity index (χ1n) is 35.8. The highest BCUT2D eigenvalue weighted by molar-refractivity contribution is 7.47. The van der Waals surface area contributed by atoms with Crippen LogP contribution in [-0.2, 0) is 65.4 Å². The van der Waals surface area contributed by atoms with Gasteiger partial charge >= 0.3 is 39.5 Å². The third kappa shape index (κ3) is 60.3. The van der Waals surface area contributed by atoms with Gasteiger partial charge in [0, 0.05) is 25.7 Å². The van der Waals surface area contributed by atoms with Gasteiger partial charge in [-0.1, -0.05) is 287 Å². The van der Waals surface area contributed by atoms with E-state index in [0.29, 0.717) is 31.6 Å². The summed E-state index contributed by atoms with van der Waals surface area (Å²) in [4.78, 5) is 72.5. The second-order valence-corrected chi connectivity index (χ2v) is 29.3. The van der Waals surface area contributed by atoms with Crippen LogP contribution in [0.3, 0.4) is 0 Å². The Bertz CT molecular complexity index is 1750. The number of hydrogen-bond donors (Lipinski definition) is 3. The van der Waals surface area contributed by atoms with Crippen LogP contribution in [0.15, 0.2) is 0 Å². The van der Waals surface area contributed by atoms with Gasteiger partial charge in [0.15, 0.2) is 12.2 Å². The Morgan fingerprint density at radius 3 is 0.807 bits per heavy atom. The van der Waals surface area contributed by atoms with E-state index in [9.17, 15) is 43.2 Å². The van der Waals surface area contributed by atoms with E-state index in [2.05, 4.69) is 55.4 Å². The molecule has 0 aliphatic heterocycles. The van der Waals surface area contributed by atoms with Gasteiger partial charge in [0.2, 0.25) is 0 Å². The Balaban J connectivity index is 5.25. The van der Waals surface area contributed by atoms with E-state index in [4.69, 9.17) is 37.0 Å². The van der Waals surface area contributed by atoms with E-state index in [1.165, 1.54) is 135 Å². The molecule has 3 N–H and O–H groups in total. The fraction of sp³-hybridized carbons (Fsp3) is 0.942. The molecule has 88 heavy (non-hydrogen) atoms. The minimum atomic E-state index is -4.95. The van der Waals surface area contributed by atoms with Gasteiger partial charge in [-0.05, 0) is 49.4 Å². The van der Waals surface area contributed by atoms with Gasteiger partial charge in [0.1, 0.15) is 19.3 Å². The fourth-order valence-corrected chi connectivity index (χ4v) is 11.8. The Labute approximate surface area is 537 Å². The molecule has 0 heterocycles. The summed E-state index contributed by atoms with van der Waals surface area (Å²) < 4.78 is 68.2. The molecule has 0 aromatic rings. The van der Waals surface area contributed by atoms with Crippen LogP contribution in [0.25, 0.3) is 0 Å². The third-order valence-corrected chi connectivity index (χ3v) is 18.4. The molecule has 19 heteroatoms. The summed E-state index contributed by atoms with van der Waals surface area (Å²) in [6.45, 7) is 14.1. The first kappa shape index (κ1) is 86.1. The van der Waals surface area contributed by atoms with Crippen molar-refractivity contribution < 1.29 is 80.2 Å². The zero-order chi connectivity index (χ0) is 65.4. The summed E-state index contributed by atoms with van der Waals surface area (Å²) in [5, 5.41) is 10.6.